The van der Waals surface area contributed by atoms with Crippen molar-refractivity contribution in [2.75, 3.05) is 13.1 Å². The average molecular weight is 685 g/mol. The Hall–Kier alpha value is -4.35. The second-order valence-electron chi connectivity index (χ2n) is 14.2. The minimum absolute atomic E-state index is 0.0774. The summed E-state index contributed by atoms with van der Waals surface area (Å²) in [6, 6.07) is 16.4. The monoisotopic (exact) mass is 684 g/mol. The van der Waals surface area contributed by atoms with Crippen molar-refractivity contribution >= 4 is 23.4 Å². The first kappa shape index (κ1) is 36.9. The van der Waals surface area contributed by atoms with Gasteiger partial charge in [-0.05, 0) is 87.5 Å². The highest BCUT2D eigenvalue weighted by molar-refractivity contribution is 5.92. The standard InChI is InChI=1S/C20H27N3O2.C19H25N3O3/c1-2-11-23(18-12-16-8-9-17(13-18)22-16)19(24)10-5-14-3-6-15(7-4-14)20(21)25;1-2-11-21(18-12-15-6-7-16(13-18)20-15)19(23)10-5-14-3-8-17(9-4-14)22(24)25/h2-4,6-7,16-18,22H,1,5,8-13H2,(H2,21,25);2-4,8-9,15-16,18,20H,1,5-7,10-13H2/t16-,17+,18?;15-,16+,18?. The van der Waals surface area contributed by atoms with Gasteiger partial charge < -0.3 is 26.2 Å². The highest BCUT2D eigenvalue weighted by Crippen LogP contribution is 2.31. The summed E-state index contributed by atoms with van der Waals surface area (Å²) in [5, 5.41) is 17.9. The van der Waals surface area contributed by atoms with Crippen LogP contribution in [0.5, 0.6) is 0 Å². The number of piperidine rings is 2. The normalized spacial score (nSPS) is 24.7. The first-order valence-electron chi connectivity index (χ1n) is 18.1. The van der Waals surface area contributed by atoms with E-state index in [0.717, 1.165) is 36.8 Å². The smallest absolute Gasteiger partial charge is 0.269 e. The SMILES string of the molecule is C=CCN(C(=O)CCc1ccc(C(N)=O)cc1)C1C[C@H]2CC[C@@H](C1)N2.C=CCN(C(=O)CCc1ccc([N+](=O)[O-])cc1)C1C[C@H]2CC[C@@H](C1)N2. The summed E-state index contributed by atoms with van der Waals surface area (Å²) in [6.07, 6.45) is 14.8. The number of carbonyl (C=O) groups is 3. The predicted molar refractivity (Wildman–Crippen MR) is 194 cm³/mol. The highest BCUT2D eigenvalue weighted by atomic mass is 16.6. The van der Waals surface area contributed by atoms with E-state index in [2.05, 4.69) is 23.8 Å². The third-order valence-electron chi connectivity index (χ3n) is 10.7. The van der Waals surface area contributed by atoms with E-state index in [0.29, 0.717) is 80.6 Å². The lowest BCUT2D eigenvalue weighted by molar-refractivity contribution is -0.384. The molecule has 6 rings (SSSR count). The molecule has 0 spiro atoms. The molecule has 0 aliphatic carbocycles. The van der Waals surface area contributed by atoms with Crippen molar-refractivity contribution in [2.45, 2.75) is 113 Å². The number of carbonyl (C=O) groups excluding carboxylic acids is 3. The third-order valence-corrected chi connectivity index (χ3v) is 10.7. The summed E-state index contributed by atoms with van der Waals surface area (Å²) < 4.78 is 0. The van der Waals surface area contributed by atoms with E-state index in [-0.39, 0.29) is 17.5 Å². The molecule has 4 heterocycles. The van der Waals surface area contributed by atoms with E-state index in [1.165, 1.54) is 37.8 Å². The molecular weight excluding hydrogens is 632 g/mol. The average Bonchev–Trinajstić information content (AvgIpc) is 3.65. The van der Waals surface area contributed by atoms with E-state index < -0.39 is 10.8 Å². The summed E-state index contributed by atoms with van der Waals surface area (Å²) in [7, 11) is 0. The molecule has 2 unspecified atom stereocenters. The molecule has 4 N–H and O–H groups in total. The third kappa shape index (κ3) is 9.88. The number of nitrogens with two attached hydrogens (primary N) is 1. The lowest BCUT2D eigenvalue weighted by Gasteiger charge is -2.37. The van der Waals surface area contributed by atoms with Crippen LogP contribution in [0.2, 0.25) is 0 Å². The fourth-order valence-electron chi connectivity index (χ4n) is 8.16. The van der Waals surface area contributed by atoms with E-state index in [1.807, 2.05) is 28.0 Å². The molecule has 11 heteroatoms. The van der Waals surface area contributed by atoms with Crippen LogP contribution in [-0.4, -0.2) is 81.8 Å². The van der Waals surface area contributed by atoms with Crippen LogP contribution in [0, 0.1) is 10.1 Å². The summed E-state index contributed by atoms with van der Waals surface area (Å²) in [5.74, 6) is -0.102. The van der Waals surface area contributed by atoms with Gasteiger partial charge in [-0.25, -0.2) is 0 Å². The Labute approximate surface area is 295 Å². The molecule has 11 nitrogen and oxygen atoms in total. The maximum Gasteiger partial charge on any atom is 0.269 e. The molecule has 0 radical (unpaired) electrons. The van der Waals surface area contributed by atoms with Crippen molar-refractivity contribution in [2.24, 2.45) is 5.73 Å². The number of nitro benzene ring substituents is 1. The minimum atomic E-state index is -0.430. The van der Waals surface area contributed by atoms with Crippen molar-refractivity contribution in [3.05, 3.63) is 101 Å². The zero-order valence-electron chi connectivity index (χ0n) is 29.0. The van der Waals surface area contributed by atoms with Crippen LogP contribution in [0.15, 0.2) is 73.8 Å². The van der Waals surface area contributed by atoms with Gasteiger partial charge in [-0.15, -0.1) is 13.2 Å². The highest BCUT2D eigenvalue weighted by Gasteiger charge is 2.38. The number of nitrogens with zero attached hydrogens (tertiary/aromatic N) is 3. The Morgan fingerprint density at radius 1 is 0.720 bits per heavy atom. The summed E-state index contributed by atoms with van der Waals surface area (Å²) in [5.41, 5.74) is 7.82. The van der Waals surface area contributed by atoms with Gasteiger partial charge in [0.2, 0.25) is 17.7 Å². The number of primary amides is 1. The topological polar surface area (TPSA) is 151 Å². The number of non-ortho nitro benzene ring substituents is 1. The fourth-order valence-corrected chi connectivity index (χ4v) is 8.16. The first-order chi connectivity index (χ1) is 24.1. The van der Waals surface area contributed by atoms with E-state index >= 15 is 0 Å². The Balaban J connectivity index is 0.000000194. The van der Waals surface area contributed by atoms with Gasteiger partial charge in [0, 0.05) is 79.9 Å². The van der Waals surface area contributed by atoms with Gasteiger partial charge in [0.25, 0.3) is 5.69 Å². The number of hydrogen-bond acceptors (Lipinski definition) is 7. The number of benzene rings is 2. The van der Waals surface area contributed by atoms with Crippen LogP contribution < -0.4 is 16.4 Å². The number of rotatable bonds is 14. The van der Waals surface area contributed by atoms with Crippen LogP contribution in [0.25, 0.3) is 0 Å². The minimum Gasteiger partial charge on any atom is -0.366 e. The molecule has 268 valence electrons. The van der Waals surface area contributed by atoms with Gasteiger partial charge in [0.15, 0.2) is 0 Å². The zero-order chi connectivity index (χ0) is 35.6. The number of amides is 3. The van der Waals surface area contributed by atoms with Gasteiger partial charge in [-0.3, -0.25) is 24.5 Å². The van der Waals surface area contributed by atoms with Crippen LogP contribution >= 0.6 is 0 Å². The van der Waals surface area contributed by atoms with Crippen LogP contribution in [-0.2, 0) is 22.4 Å². The Morgan fingerprint density at radius 2 is 1.10 bits per heavy atom. The van der Waals surface area contributed by atoms with E-state index in [9.17, 15) is 24.5 Å². The Kier molecular flexibility index (Phi) is 12.9. The van der Waals surface area contributed by atoms with Crippen molar-refractivity contribution in [3.63, 3.8) is 0 Å². The zero-order valence-corrected chi connectivity index (χ0v) is 29.0. The molecule has 4 aliphatic heterocycles. The summed E-state index contributed by atoms with van der Waals surface area (Å²) >= 11 is 0. The molecular formula is C39H52N6O5. The van der Waals surface area contributed by atoms with Crippen molar-refractivity contribution in [1.29, 1.82) is 0 Å². The number of hydrogen-bond donors (Lipinski definition) is 3. The molecule has 50 heavy (non-hydrogen) atoms. The van der Waals surface area contributed by atoms with Crippen molar-refractivity contribution in [3.8, 4) is 0 Å². The quantitative estimate of drug-likeness (QED) is 0.146. The molecule has 0 aromatic heterocycles. The molecule has 4 saturated heterocycles. The first-order valence-corrected chi connectivity index (χ1v) is 18.1. The van der Waals surface area contributed by atoms with Gasteiger partial charge >= 0.3 is 0 Å². The molecule has 6 atom stereocenters. The molecule has 0 saturated carbocycles. The second kappa shape index (κ2) is 17.5. The summed E-state index contributed by atoms with van der Waals surface area (Å²) in [6.45, 7) is 8.83. The molecule has 4 bridgehead atoms. The van der Waals surface area contributed by atoms with Gasteiger partial charge in [0.05, 0.1) is 4.92 Å². The van der Waals surface area contributed by atoms with Crippen molar-refractivity contribution in [1.82, 2.24) is 20.4 Å². The van der Waals surface area contributed by atoms with Gasteiger partial charge in [0.1, 0.15) is 0 Å². The lowest BCUT2D eigenvalue weighted by Crippen LogP contribution is -2.50. The van der Waals surface area contributed by atoms with Crippen molar-refractivity contribution < 1.29 is 19.3 Å². The molecule has 2 aromatic carbocycles. The van der Waals surface area contributed by atoms with E-state index in [1.54, 1.807) is 30.3 Å². The van der Waals surface area contributed by atoms with E-state index in [4.69, 9.17) is 5.73 Å². The second-order valence-corrected chi connectivity index (χ2v) is 14.2. The van der Waals surface area contributed by atoms with Gasteiger partial charge in [-0.2, -0.15) is 0 Å². The maximum absolute atomic E-state index is 12.8. The predicted octanol–water partition coefficient (Wildman–Crippen LogP) is 4.84. The lowest BCUT2D eigenvalue weighted by atomic mass is 9.97. The maximum atomic E-state index is 12.8. The molecule has 4 fully saturated rings. The Bertz CT molecular complexity index is 1370. The van der Waals surface area contributed by atoms with Crippen LogP contribution in [0.1, 0.15) is 85.7 Å². The fraction of sp³-hybridized carbons (Fsp3) is 0.513. The largest absolute Gasteiger partial charge is 0.366 e. The van der Waals surface area contributed by atoms with Crippen LogP contribution in [0.4, 0.5) is 5.69 Å². The van der Waals surface area contributed by atoms with Crippen LogP contribution in [0.3, 0.4) is 0 Å². The molecule has 3 amide bonds. The van der Waals surface area contributed by atoms with Gasteiger partial charge in [-0.1, -0.05) is 36.4 Å². The Morgan fingerprint density at radius 3 is 1.44 bits per heavy atom. The molecule has 2 aromatic rings. The number of nitrogens with one attached hydrogen (secondary N) is 2. The number of fused-ring (bicyclic) bond motifs is 4. The number of nitro groups is 1. The molecule has 4 aliphatic rings. The number of aryl methyl sites for hydroxylation is 2. The summed E-state index contributed by atoms with van der Waals surface area (Å²) in [4.78, 5) is 51.0.